The molecule has 0 saturated carbocycles. The maximum absolute atomic E-state index is 11.6. The number of esters is 1. The van der Waals surface area contributed by atoms with E-state index in [1.54, 1.807) is 14.0 Å². The zero-order valence-corrected chi connectivity index (χ0v) is 14.4. The van der Waals surface area contributed by atoms with Crippen molar-refractivity contribution in [2.45, 2.75) is 27.2 Å². The van der Waals surface area contributed by atoms with Crippen LogP contribution in [0.25, 0.3) is 0 Å². The molecule has 0 aromatic heterocycles. The Morgan fingerprint density at radius 2 is 1.90 bits per heavy atom. The summed E-state index contributed by atoms with van der Waals surface area (Å²) in [5.74, 6) is -0.571. The maximum atomic E-state index is 11.6. The minimum Gasteiger partial charge on any atom is -0.461 e. The van der Waals surface area contributed by atoms with Crippen LogP contribution in [0.5, 0.6) is 0 Å². The summed E-state index contributed by atoms with van der Waals surface area (Å²) in [6.07, 6.45) is 0.560. The van der Waals surface area contributed by atoms with E-state index in [0.717, 1.165) is 10.2 Å². The van der Waals surface area contributed by atoms with Crippen LogP contribution in [-0.4, -0.2) is 31.6 Å². The molecule has 0 atom stereocenters. The zero-order valence-electron chi connectivity index (χ0n) is 12.8. The molecular formula is C15H21BrN2O3. The molecule has 0 amide bonds. The van der Waals surface area contributed by atoms with Gasteiger partial charge in [-0.3, -0.25) is 5.01 Å². The Labute approximate surface area is 134 Å². The number of nitrogens with zero attached hydrogens (tertiary/aromatic N) is 2. The number of benzene rings is 1. The van der Waals surface area contributed by atoms with Crippen molar-refractivity contribution in [2.75, 3.05) is 18.7 Å². The molecule has 21 heavy (non-hydrogen) atoms. The Balaban J connectivity index is 0.00000191. The molecule has 6 heteroatoms. The van der Waals surface area contributed by atoms with E-state index >= 15 is 0 Å². The van der Waals surface area contributed by atoms with E-state index in [9.17, 15) is 9.59 Å². The fraction of sp³-hybridized carbons (Fsp3) is 0.400. The predicted molar refractivity (Wildman–Crippen MR) is 88.6 cm³/mol. The summed E-state index contributed by atoms with van der Waals surface area (Å²) in [5, 5.41) is 5.64. The Kier molecular flexibility index (Phi) is 10.1. The molecule has 0 heterocycles. The highest BCUT2D eigenvalue weighted by Crippen LogP contribution is 2.17. The molecule has 0 bridgehead atoms. The number of halogens is 1. The highest BCUT2D eigenvalue weighted by molar-refractivity contribution is 9.10. The first-order chi connectivity index (χ1) is 10.1. The van der Waals surface area contributed by atoms with Gasteiger partial charge in [-0.15, -0.1) is 0 Å². The summed E-state index contributed by atoms with van der Waals surface area (Å²) in [7, 11) is 1.70. The summed E-state index contributed by atoms with van der Waals surface area (Å²) in [4.78, 5) is 22.2. The molecule has 0 aliphatic rings. The number of ether oxygens (including phenoxy) is 1. The molecule has 1 aromatic rings. The molecule has 1 aromatic carbocycles. The third-order valence-electron chi connectivity index (χ3n) is 2.26. The van der Waals surface area contributed by atoms with Crippen molar-refractivity contribution in [3.63, 3.8) is 0 Å². The lowest BCUT2D eigenvalue weighted by Gasteiger charge is -2.14. The van der Waals surface area contributed by atoms with Gasteiger partial charge in [0.15, 0.2) is 5.71 Å². The first-order valence-electron chi connectivity index (χ1n) is 6.76. The number of carbonyl (C=O) groups is 2. The van der Waals surface area contributed by atoms with E-state index in [-0.39, 0.29) is 18.7 Å². The van der Waals surface area contributed by atoms with Crippen molar-refractivity contribution in [2.24, 2.45) is 5.10 Å². The van der Waals surface area contributed by atoms with E-state index in [1.807, 2.05) is 38.1 Å². The largest absolute Gasteiger partial charge is 0.461 e. The van der Waals surface area contributed by atoms with Gasteiger partial charge in [0, 0.05) is 11.5 Å². The minimum absolute atomic E-state index is 0.0697. The number of rotatable bonds is 6. The van der Waals surface area contributed by atoms with Gasteiger partial charge in [-0.25, -0.2) is 4.79 Å². The molecule has 116 valence electrons. The third kappa shape index (κ3) is 7.04. The average Bonchev–Trinajstić information content (AvgIpc) is 2.49. The maximum Gasteiger partial charge on any atom is 0.354 e. The van der Waals surface area contributed by atoms with Crippen LogP contribution in [0.4, 0.5) is 5.69 Å². The van der Waals surface area contributed by atoms with Crippen molar-refractivity contribution in [3.8, 4) is 0 Å². The monoisotopic (exact) mass is 356 g/mol. The lowest BCUT2D eigenvalue weighted by Crippen LogP contribution is -2.22. The molecule has 1 rings (SSSR count). The second-order valence-electron chi connectivity index (χ2n) is 3.64. The SMILES string of the molecule is CC.CCOC(=O)/C(CC=O)=N/N(C)c1ccc(Br)cc1. The Bertz CT molecular complexity index is 472. The normalized spacial score (nSPS) is 10.2. The number of anilines is 1. The quantitative estimate of drug-likeness (QED) is 0.339. The lowest BCUT2D eigenvalue weighted by molar-refractivity contribution is -0.135. The van der Waals surface area contributed by atoms with Crippen LogP contribution in [0.15, 0.2) is 33.8 Å². The van der Waals surface area contributed by atoms with Crippen LogP contribution in [0.3, 0.4) is 0 Å². The van der Waals surface area contributed by atoms with E-state index in [1.165, 1.54) is 5.01 Å². The van der Waals surface area contributed by atoms with E-state index in [2.05, 4.69) is 21.0 Å². The van der Waals surface area contributed by atoms with E-state index < -0.39 is 5.97 Å². The molecule has 0 spiro atoms. The van der Waals surface area contributed by atoms with Crippen molar-refractivity contribution in [1.29, 1.82) is 0 Å². The second-order valence-corrected chi connectivity index (χ2v) is 4.55. The highest BCUT2D eigenvalue weighted by Gasteiger charge is 2.13. The van der Waals surface area contributed by atoms with Crippen LogP contribution in [0.1, 0.15) is 27.2 Å². The van der Waals surface area contributed by atoms with Crippen molar-refractivity contribution in [3.05, 3.63) is 28.7 Å². The molecule has 0 N–H and O–H groups in total. The van der Waals surface area contributed by atoms with Gasteiger partial charge in [0.2, 0.25) is 0 Å². The second kappa shape index (κ2) is 11.0. The molecule has 0 fully saturated rings. The van der Waals surface area contributed by atoms with Crippen LogP contribution in [0.2, 0.25) is 0 Å². The Morgan fingerprint density at radius 3 is 2.38 bits per heavy atom. The van der Waals surface area contributed by atoms with Crippen molar-refractivity contribution in [1.82, 2.24) is 0 Å². The average molecular weight is 357 g/mol. The van der Waals surface area contributed by atoms with Crippen LogP contribution in [0, 0.1) is 0 Å². The molecule has 0 unspecified atom stereocenters. The Morgan fingerprint density at radius 1 is 1.33 bits per heavy atom. The number of hydrogen-bond acceptors (Lipinski definition) is 5. The first-order valence-corrected chi connectivity index (χ1v) is 7.55. The molecule has 5 nitrogen and oxygen atoms in total. The van der Waals surface area contributed by atoms with Gasteiger partial charge in [0.25, 0.3) is 0 Å². The van der Waals surface area contributed by atoms with Gasteiger partial charge < -0.3 is 9.53 Å². The molecule has 0 aliphatic heterocycles. The molecule has 0 radical (unpaired) electrons. The zero-order chi connectivity index (χ0) is 16.3. The number of hydrazone groups is 1. The van der Waals surface area contributed by atoms with Gasteiger partial charge in [-0.05, 0) is 31.2 Å². The summed E-state index contributed by atoms with van der Waals surface area (Å²) in [6, 6.07) is 7.42. The van der Waals surface area contributed by atoms with Crippen molar-refractivity contribution >= 4 is 39.6 Å². The molecule has 0 aliphatic carbocycles. The smallest absolute Gasteiger partial charge is 0.354 e. The fourth-order valence-electron chi connectivity index (χ4n) is 1.35. The first kappa shape index (κ1) is 19.3. The summed E-state index contributed by atoms with van der Waals surface area (Å²) in [5.41, 5.74) is 0.887. The van der Waals surface area contributed by atoms with Gasteiger partial charge in [0.05, 0.1) is 18.7 Å². The fourth-order valence-corrected chi connectivity index (χ4v) is 1.62. The van der Waals surface area contributed by atoms with Crippen LogP contribution in [-0.2, 0) is 14.3 Å². The summed E-state index contributed by atoms with van der Waals surface area (Å²) in [6.45, 7) is 5.95. The standard InChI is InChI=1S/C13H15BrN2O3.C2H6/c1-3-19-13(18)12(8-9-17)15-16(2)11-6-4-10(14)5-7-11;1-2/h4-7,9H,3,8H2,1-2H3;1-2H3/b15-12+;. The molecule has 0 saturated heterocycles. The topological polar surface area (TPSA) is 59.0 Å². The third-order valence-corrected chi connectivity index (χ3v) is 2.79. The highest BCUT2D eigenvalue weighted by atomic mass is 79.9. The minimum atomic E-state index is -0.571. The number of aldehydes is 1. The van der Waals surface area contributed by atoms with Crippen molar-refractivity contribution < 1.29 is 14.3 Å². The van der Waals surface area contributed by atoms with Gasteiger partial charge in [0.1, 0.15) is 6.29 Å². The van der Waals surface area contributed by atoms with Gasteiger partial charge >= 0.3 is 5.97 Å². The van der Waals surface area contributed by atoms with Crippen LogP contribution < -0.4 is 5.01 Å². The van der Waals surface area contributed by atoms with Crippen LogP contribution >= 0.6 is 15.9 Å². The summed E-state index contributed by atoms with van der Waals surface area (Å²) >= 11 is 3.34. The lowest BCUT2D eigenvalue weighted by atomic mass is 10.3. The number of carbonyl (C=O) groups excluding carboxylic acids is 2. The van der Waals surface area contributed by atoms with E-state index in [4.69, 9.17) is 4.74 Å². The summed E-state index contributed by atoms with van der Waals surface area (Å²) < 4.78 is 5.80. The number of hydrogen-bond donors (Lipinski definition) is 0. The molecular weight excluding hydrogens is 336 g/mol. The predicted octanol–water partition coefficient (Wildman–Crippen LogP) is 3.42. The van der Waals surface area contributed by atoms with Gasteiger partial charge in [-0.1, -0.05) is 29.8 Å². The van der Waals surface area contributed by atoms with Gasteiger partial charge in [-0.2, -0.15) is 5.10 Å². The van der Waals surface area contributed by atoms with E-state index in [0.29, 0.717) is 6.29 Å². The Hall–Kier alpha value is -1.69.